The first-order chi connectivity index (χ1) is 6.31. The van der Waals surface area contributed by atoms with Gasteiger partial charge in [-0.3, -0.25) is 0 Å². The van der Waals surface area contributed by atoms with Crippen LogP contribution in [0, 0.1) is 0 Å². The van der Waals surface area contributed by atoms with E-state index >= 15 is 0 Å². The highest BCUT2D eigenvalue weighted by molar-refractivity contribution is 4.66. The molecule has 0 rings (SSSR count). The van der Waals surface area contributed by atoms with Crippen LogP contribution in [0.5, 0.6) is 0 Å². The zero-order chi connectivity index (χ0) is 11.2. The molecule has 0 amide bonds. The molecule has 0 aliphatic heterocycles. The molecule has 0 bridgehead atoms. The van der Waals surface area contributed by atoms with Crippen LogP contribution in [0.2, 0.25) is 0 Å². The minimum Gasteiger partial charge on any atom is -0.313 e. The maximum atomic E-state index is 11.8. The first-order valence-corrected chi connectivity index (χ1v) is 4.85. The van der Waals surface area contributed by atoms with Crippen molar-refractivity contribution in [3.63, 3.8) is 0 Å². The van der Waals surface area contributed by atoms with Gasteiger partial charge in [0.1, 0.15) is 0 Å². The van der Waals surface area contributed by atoms with Gasteiger partial charge in [0, 0.05) is 25.2 Å². The quantitative estimate of drug-likeness (QED) is 0.703. The molecular weight excluding hydrogens is 193 g/mol. The number of hydrogen-bond donors (Lipinski definition) is 2. The summed E-state index contributed by atoms with van der Waals surface area (Å²) in [5.41, 5.74) is 0. The molecule has 0 radical (unpaired) electrons. The third kappa shape index (κ3) is 9.80. The van der Waals surface area contributed by atoms with Gasteiger partial charge in [-0.15, -0.1) is 0 Å². The number of alkyl halides is 3. The molecule has 0 fully saturated rings. The Hall–Kier alpha value is -0.290. The molecule has 5 heteroatoms. The maximum absolute atomic E-state index is 11.8. The first-order valence-electron chi connectivity index (χ1n) is 4.85. The summed E-state index contributed by atoms with van der Waals surface area (Å²) in [6.45, 7) is 6.55. The standard InChI is InChI=1S/C9H19F3N2/c1-7(2)14-6-8(3)13-5-4-9(10,11)12/h7-8,13-14H,4-6H2,1-3H3. The highest BCUT2D eigenvalue weighted by Crippen LogP contribution is 2.18. The van der Waals surface area contributed by atoms with Crippen LogP contribution in [0.1, 0.15) is 27.2 Å². The zero-order valence-corrected chi connectivity index (χ0v) is 8.91. The largest absolute Gasteiger partial charge is 0.390 e. The van der Waals surface area contributed by atoms with E-state index in [4.69, 9.17) is 0 Å². The Kier molecular flexibility index (Phi) is 6.11. The van der Waals surface area contributed by atoms with Crippen molar-refractivity contribution in [2.75, 3.05) is 13.1 Å². The number of rotatable bonds is 6. The van der Waals surface area contributed by atoms with Crippen LogP contribution < -0.4 is 10.6 Å². The van der Waals surface area contributed by atoms with Gasteiger partial charge in [0.2, 0.25) is 0 Å². The van der Waals surface area contributed by atoms with E-state index in [-0.39, 0.29) is 12.6 Å². The summed E-state index contributed by atoms with van der Waals surface area (Å²) >= 11 is 0. The number of halogens is 3. The smallest absolute Gasteiger partial charge is 0.313 e. The van der Waals surface area contributed by atoms with Crippen molar-refractivity contribution in [1.82, 2.24) is 10.6 Å². The Labute approximate surface area is 83.3 Å². The third-order valence-electron chi connectivity index (χ3n) is 1.73. The molecular formula is C9H19F3N2. The second-order valence-electron chi connectivity index (χ2n) is 3.78. The topological polar surface area (TPSA) is 24.1 Å². The van der Waals surface area contributed by atoms with E-state index in [1.165, 1.54) is 0 Å². The molecule has 0 aromatic rings. The van der Waals surface area contributed by atoms with E-state index in [0.29, 0.717) is 12.6 Å². The summed E-state index contributed by atoms with van der Waals surface area (Å²) in [7, 11) is 0. The molecule has 2 nitrogen and oxygen atoms in total. The molecule has 0 saturated carbocycles. The van der Waals surface area contributed by atoms with Gasteiger partial charge in [-0.25, -0.2) is 0 Å². The monoisotopic (exact) mass is 212 g/mol. The van der Waals surface area contributed by atoms with E-state index in [0.717, 1.165) is 0 Å². The van der Waals surface area contributed by atoms with Crippen LogP contribution in [-0.2, 0) is 0 Å². The van der Waals surface area contributed by atoms with Crippen LogP contribution >= 0.6 is 0 Å². The highest BCUT2D eigenvalue weighted by Gasteiger charge is 2.26. The molecule has 0 heterocycles. The van der Waals surface area contributed by atoms with Gasteiger partial charge < -0.3 is 10.6 Å². The van der Waals surface area contributed by atoms with Gasteiger partial charge in [0.15, 0.2) is 0 Å². The minimum absolute atomic E-state index is 0.00948. The van der Waals surface area contributed by atoms with E-state index in [9.17, 15) is 13.2 Å². The Bertz CT molecular complexity index is 145. The number of nitrogens with one attached hydrogen (secondary N) is 2. The Morgan fingerprint density at radius 3 is 2.07 bits per heavy atom. The summed E-state index contributed by atoms with van der Waals surface area (Å²) in [6, 6.07) is 0.432. The van der Waals surface area contributed by atoms with Gasteiger partial charge in [0.25, 0.3) is 0 Å². The molecule has 2 N–H and O–H groups in total. The van der Waals surface area contributed by atoms with E-state index < -0.39 is 12.6 Å². The van der Waals surface area contributed by atoms with Gasteiger partial charge in [0.05, 0.1) is 6.42 Å². The molecule has 1 unspecified atom stereocenters. The average molecular weight is 212 g/mol. The lowest BCUT2D eigenvalue weighted by molar-refractivity contribution is -0.133. The number of hydrogen-bond acceptors (Lipinski definition) is 2. The summed E-state index contributed by atoms with van der Waals surface area (Å²) < 4.78 is 35.3. The fourth-order valence-corrected chi connectivity index (χ4v) is 0.945. The van der Waals surface area contributed by atoms with Gasteiger partial charge >= 0.3 is 6.18 Å². The molecule has 0 aromatic heterocycles. The first kappa shape index (κ1) is 13.7. The second kappa shape index (κ2) is 6.24. The second-order valence-corrected chi connectivity index (χ2v) is 3.78. The predicted molar refractivity (Wildman–Crippen MR) is 51.3 cm³/mol. The third-order valence-corrected chi connectivity index (χ3v) is 1.73. The van der Waals surface area contributed by atoms with E-state index in [2.05, 4.69) is 10.6 Å². The lowest BCUT2D eigenvalue weighted by Crippen LogP contribution is -2.40. The van der Waals surface area contributed by atoms with Crippen molar-refractivity contribution in [3.8, 4) is 0 Å². The van der Waals surface area contributed by atoms with E-state index in [1.54, 1.807) is 0 Å². The molecule has 1 atom stereocenters. The molecule has 0 spiro atoms. The van der Waals surface area contributed by atoms with Crippen LogP contribution in [0.4, 0.5) is 13.2 Å². The molecule has 86 valence electrons. The normalized spacial score (nSPS) is 14.8. The van der Waals surface area contributed by atoms with Crippen molar-refractivity contribution in [3.05, 3.63) is 0 Å². The summed E-state index contributed by atoms with van der Waals surface area (Å²) in [4.78, 5) is 0. The average Bonchev–Trinajstić information content (AvgIpc) is 1.98. The van der Waals surface area contributed by atoms with Crippen molar-refractivity contribution < 1.29 is 13.2 Å². The summed E-state index contributed by atoms with van der Waals surface area (Å²) in [6.07, 6.45) is -4.82. The highest BCUT2D eigenvalue weighted by atomic mass is 19.4. The SMILES string of the molecule is CC(C)NCC(C)NCCC(F)(F)F. The minimum atomic E-state index is -4.06. The maximum Gasteiger partial charge on any atom is 0.390 e. The zero-order valence-electron chi connectivity index (χ0n) is 8.91. The van der Waals surface area contributed by atoms with Crippen molar-refractivity contribution in [2.24, 2.45) is 0 Å². The van der Waals surface area contributed by atoms with E-state index in [1.807, 2.05) is 20.8 Å². The van der Waals surface area contributed by atoms with Gasteiger partial charge in [-0.05, 0) is 6.92 Å². The van der Waals surface area contributed by atoms with Crippen LogP contribution in [0.15, 0.2) is 0 Å². The fourth-order valence-electron chi connectivity index (χ4n) is 0.945. The Balaban J connectivity index is 3.40. The lowest BCUT2D eigenvalue weighted by Gasteiger charge is -2.17. The molecule has 0 saturated heterocycles. The Morgan fingerprint density at radius 1 is 1.07 bits per heavy atom. The van der Waals surface area contributed by atoms with Crippen LogP contribution in [0.3, 0.4) is 0 Å². The predicted octanol–water partition coefficient (Wildman–Crippen LogP) is 1.91. The van der Waals surface area contributed by atoms with Gasteiger partial charge in [-0.2, -0.15) is 13.2 Å². The summed E-state index contributed by atoms with van der Waals surface area (Å²) in [5.74, 6) is 0. The molecule has 0 aliphatic carbocycles. The molecule has 0 aromatic carbocycles. The van der Waals surface area contributed by atoms with Crippen LogP contribution in [-0.4, -0.2) is 31.3 Å². The lowest BCUT2D eigenvalue weighted by atomic mass is 10.3. The molecule has 0 aliphatic rings. The van der Waals surface area contributed by atoms with Crippen molar-refractivity contribution >= 4 is 0 Å². The van der Waals surface area contributed by atoms with Gasteiger partial charge in [-0.1, -0.05) is 13.8 Å². The van der Waals surface area contributed by atoms with Crippen LogP contribution in [0.25, 0.3) is 0 Å². The summed E-state index contributed by atoms with van der Waals surface area (Å²) in [5, 5.41) is 5.96. The van der Waals surface area contributed by atoms with Crippen molar-refractivity contribution in [2.45, 2.75) is 45.5 Å². The van der Waals surface area contributed by atoms with Crippen molar-refractivity contribution in [1.29, 1.82) is 0 Å². The molecule has 14 heavy (non-hydrogen) atoms. The fraction of sp³-hybridized carbons (Fsp3) is 1.00. The Morgan fingerprint density at radius 2 is 1.64 bits per heavy atom.